The second-order valence-corrected chi connectivity index (χ2v) is 6.75. The van der Waals surface area contributed by atoms with Gasteiger partial charge in [0.1, 0.15) is 0 Å². The summed E-state index contributed by atoms with van der Waals surface area (Å²) in [5.74, 6) is -0.457. The Kier molecular flexibility index (Phi) is 5.32. The number of anilines is 1. The lowest BCUT2D eigenvalue weighted by Gasteiger charge is -2.28. The predicted octanol–water partition coefficient (Wildman–Crippen LogP) is 3.82. The summed E-state index contributed by atoms with van der Waals surface area (Å²) in [6, 6.07) is 9.58. The number of rotatable bonds is 4. The number of carbonyl (C=O) groups is 2. The molecule has 1 aliphatic rings. The number of nitrogens with zero attached hydrogens (tertiary/aromatic N) is 1. The fourth-order valence-corrected chi connectivity index (χ4v) is 3.11. The van der Waals surface area contributed by atoms with Gasteiger partial charge in [0, 0.05) is 28.5 Å². The van der Waals surface area contributed by atoms with Crippen LogP contribution >= 0.6 is 11.6 Å². The Morgan fingerprint density at radius 1 is 1.21 bits per heavy atom. The molecular formula is C19H17ClN4O4. The van der Waals surface area contributed by atoms with Crippen molar-refractivity contribution in [3.8, 4) is 0 Å². The molecule has 0 unspecified atom stereocenters. The molecule has 3 amide bonds. The maximum Gasteiger partial charge on any atom is 0.319 e. The van der Waals surface area contributed by atoms with E-state index in [-0.39, 0.29) is 11.3 Å². The van der Waals surface area contributed by atoms with E-state index < -0.39 is 22.9 Å². The zero-order chi connectivity index (χ0) is 20.4. The minimum atomic E-state index is -0.838. The van der Waals surface area contributed by atoms with Crippen molar-refractivity contribution in [1.82, 2.24) is 10.6 Å². The highest BCUT2D eigenvalue weighted by Gasteiger charge is 2.32. The van der Waals surface area contributed by atoms with Crippen LogP contribution < -0.4 is 16.0 Å². The second kappa shape index (κ2) is 7.69. The third-order valence-electron chi connectivity index (χ3n) is 4.36. The fraction of sp³-hybridized carbons (Fsp3) is 0.158. The lowest BCUT2D eigenvalue weighted by Crippen LogP contribution is -2.46. The highest BCUT2D eigenvalue weighted by molar-refractivity contribution is 6.31. The molecule has 0 bridgehead atoms. The summed E-state index contributed by atoms with van der Waals surface area (Å²) in [6.45, 7) is 3.44. The molecule has 0 radical (unpaired) electrons. The van der Waals surface area contributed by atoms with Crippen LogP contribution in [0, 0.1) is 17.0 Å². The summed E-state index contributed by atoms with van der Waals surface area (Å²) in [4.78, 5) is 35.4. The third-order valence-corrected chi connectivity index (χ3v) is 4.77. The Labute approximate surface area is 165 Å². The average Bonchev–Trinajstić information content (AvgIpc) is 2.64. The van der Waals surface area contributed by atoms with E-state index >= 15 is 0 Å². The Morgan fingerprint density at radius 2 is 1.96 bits per heavy atom. The van der Waals surface area contributed by atoms with Gasteiger partial charge in [-0.15, -0.1) is 0 Å². The highest BCUT2D eigenvalue weighted by Crippen LogP contribution is 2.30. The van der Waals surface area contributed by atoms with Crippen molar-refractivity contribution < 1.29 is 14.5 Å². The Morgan fingerprint density at radius 3 is 2.64 bits per heavy atom. The van der Waals surface area contributed by atoms with E-state index in [9.17, 15) is 19.7 Å². The maximum atomic E-state index is 12.9. The summed E-state index contributed by atoms with van der Waals surface area (Å²) < 4.78 is 0. The quantitative estimate of drug-likeness (QED) is 0.534. The van der Waals surface area contributed by atoms with Crippen LogP contribution in [0.4, 0.5) is 16.2 Å². The molecule has 9 heteroatoms. The Balaban J connectivity index is 1.97. The van der Waals surface area contributed by atoms with E-state index in [2.05, 4.69) is 16.0 Å². The van der Waals surface area contributed by atoms with Crippen LogP contribution in [0.3, 0.4) is 0 Å². The van der Waals surface area contributed by atoms with Crippen molar-refractivity contribution >= 4 is 34.9 Å². The first-order chi connectivity index (χ1) is 13.3. The number of hydrogen-bond acceptors (Lipinski definition) is 4. The van der Waals surface area contributed by atoms with Crippen molar-refractivity contribution in [3.05, 3.63) is 80.0 Å². The molecule has 0 spiro atoms. The maximum absolute atomic E-state index is 12.9. The standard InChI is InChI=1S/C19H17ClN4O4/c1-10-6-7-13(9-15(10)20)22-18(25)16-11(2)21-19(26)23-17(16)12-4-3-5-14(8-12)24(27)28/h3-9,17H,1-2H3,(H,22,25)(H2,21,23,26)/t17-/m1/s1. The van der Waals surface area contributed by atoms with Crippen LogP contribution in [0.5, 0.6) is 0 Å². The van der Waals surface area contributed by atoms with Gasteiger partial charge in [-0.1, -0.05) is 29.8 Å². The summed E-state index contributed by atoms with van der Waals surface area (Å²) in [7, 11) is 0. The molecule has 8 nitrogen and oxygen atoms in total. The number of nitro benzene ring substituents is 1. The Bertz CT molecular complexity index is 1020. The lowest BCUT2D eigenvalue weighted by atomic mass is 9.94. The number of nitrogens with one attached hydrogen (secondary N) is 3. The van der Waals surface area contributed by atoms with Crippen LogP contribution in [-0.4, -0.2) is 16.9 Å². The highest BCUT2D eigenvalue weighted by atomic mass is 35.5. The van der Waals surface area contributed by atoms with Crippen LogP contribution in [-0.2, 0) is 4.79 Å². The van der Waals surface area contributed by atoms with Gasteiger partial charge in [0.25, 0.3) is 11.6 Å². The van der Waals surface area contributed by atoms with Crippen LogP contribution in [0.1, 0.15) is 24.1 Å². The van der Waals surface area contributed by atoms with E-state index in [0.29, 0.717) is 22.0 Å². The first-order valence-corrected chi connectivity index (χ1v) is 8.74. The number of urea groups is 1. The minimum Gasteiger partial charge on any atom is -0.327 e. The Hall–Kier alpha value is -3.39. The summed E-state index contributed by atoms with van der Waals surface area (Å²) in [5.41, 5.74) is 2.27. The number of hydrogen-bond donors (Lipinski definition) is 3. The number of amides is 3. The van der Waals surface area contributed by atoms with E-state index in [1.54, 1.807) is 31.2 Å². The summed E-state index contributed by atoms with van der Waals surface area (Å²) >= 11 is 6.11. The molecule has 0 saturated carbocycles. The van der Waals surface area contributed by atoms with Crippen molar-refractivity contribution in [2.75, 3.05) is 5.32 Å². The fourth-order valence-electron chi connectivity index (χ4n) is 2.93. The van der Waals surface area contributed by atoms with Crippen molar-refractivity contribution in [1.29, 1.82) is 0 Å². The molecule has 2 aromatic carbocycles. The first kappa shape index (κ1) is 19.4. The van der Waals surface area contributed by atoms with E-state index in [4.69, 9.17) is 11.6 Å². The van der Waals surface area contributed by atoms with E-state index in [1.165, 1.54) is 18.2 Å². The number of nitro groups is 1. The number of carbonyl (C=O) groups excluding carboxylic acids is 2. The largest absolute Gasteiger partial charge is 0.327 e. The second-order valence-electron chi connectivity index (χ2n) is 6.34. The summed E-state index contributed by atoms with van der Waals surface area (Å²) in [5, 5.41) is 19.6. The number of allylic oxidation sites excluding steroid dienone is 1. The van der Waals surface area contributed by atoms with Crippen LogP contribution in [0.2, 0.25) is 5.02 Å². The summed E-state index contributed by atoms with van der Waals surface area (Å²) in [6.07, 6.45) is 0. The SMILES string of the molecule is CC1=C(C(=O)Nc2ccc(C)c(Cl)c2)[C@@H](c2cccc([N+](=O)[O-])c2)NC(=O)N1. The molecule has 3 N–H and O–H groups in total. The van der Waals surface area contributed by atoms with Gasteiger partial charge in [-0.25, -0.2) is 4.79 Å². The zero-order valence-electron chi connectivity index (χ0n) is 15.1. The zero-order valence-corrected chi connectivity index (χ0v) is 15.8. The molecular weight excluding hydrogens is 384 g/mol. The van der Waals surface area contributed by atoms with Gasteiger partial charge in [-0.05, 0) is 37.1 Å². The predicted molar refractivity (Wildman–Crippen MR) is 105 cm³/mol. The monoisotopic (exact) mass is 400 g/mol. The normalized spacial score (nSPS) is 16.2. The van der Waals surface area contributed by atoms with Crippen molar-refractivity contribution in [2.45, 2.75) is 19.9 Å². The van der Waals surface area contributed by atoms with Gasteiger partial charge in [0.15, 0.2) is 0 Å². The molecule has 0 saturated heterocycles. The van der Waals surface area contributed by atoms with Gasteiger partial charge in [0.2, 0.25) is 0 Å². The first-order valence-electron chi connectivity index (χ1n) is 8.36. The number of halogens is 1. The molecule has 3 rings (SSSR count). The van der Waals surface area contributed by atoms with Gasteiger partial charge in [0.05, 0.1) is 16.5 Å². The molecule has 1 heterocycles. The molecule has 144 valence electrons. The van der Waals surface area contributed by atoms with Gasteiger partial charge >= 0.3 is 6.03 Å². The van der Waals surface area contributed by atoms with Crippen molar-refractivity contribution in [3.63, 3.8) is 0 Å². The van der Waals surface area contributed by atoms with E-state index in [0.717, 1.165) is 5.56 Å². The molecule has 0 aromatic heterocycles. The lowest BCUT2D eigenvalue weighted by molar-refractivity contribution is -0.384. The third kappa shape index (κ3) is 3.96. The van der Waals surface area contributed by atoms with Gasteiger partial charge < -0.3 is 16.0 Å². The average molecular weight is 401 g/mol. The smallest absolute Gasteiger partial charge is 0.319 e. The van der Waals surface area contributed by atoms with Crippen molar-refractivity contribution in [2.24, 2.45) is 0 Å². The van der Waals surface area contributed by atoms with Gasteiger partial charge in [-0.3, -0.25) is 14.9 Å². The number of aryl methyl sites for hydroxylation is 1. The number of benzene rings is 2. The molecule has 1 aliphatic heterocycles. The number of non-ortho nitro benzene ring substituents is 1. The molecule has 0 aliphatic carbocycles. The van der Waals surface area contributed by atoms with E-state index in [1.807, 2.05) is 6.92 Å². The molecule has 0 fully saturated rings. The molecule has 2 aromatic rings. The molecule has 1 atom stereocenters. The van der Waals surface area contributed by atoms with Gasteiger partial charge in [-0.2, -0.15) is 0 Å². The minimum absolute atomic E-state index is 0.131. The molecule has 28 heavy (non-hydrogen) atoms. The van der Waals surface area contributed by atoms with Crippen LogP contribution in [0.15, 0.2) is 53.7 Å². The van der Waals surface area contributed by atoms with Crippen LogP contribution in [0.25, 0.3) is 0 Å². The topological polar surface area (TPSA) is 113 Å².